The molecule has 0 saturated carbocycles. The summed E-state index contributed by atoms with van der Waals surface area (Å²) in [5.41, 5.74) is 9.18. The van der Waals surface area contributed by atoms with Crippen LogP contribution in [0.2, 0.25) is 0 Å². The van der Waals surface area contributed by atoms with Crippen molar-refractivity contribution in [2.75, 3.05) is 39.5 Å². The summed E-state index contributed by atoms with van der Waals surface area (Å²) in [7, 11) is 6.43. The fraction of sp³-hybridized carbons (Fsp3) is 0.316. The largest absolute Gasteiger partial charge is 1.00 e. The second kappa shape index (κ2) is 7.94. The lowest BCUT2D eigenvalue weighted by Crippen LogP contribution is -3.00. The molecular formula is C19H25ClN6O. The lowest BCUT2D eigenvalue weighted by Gasteiger charge is -2.23. The predicted molar refractivity (Wildman–Crippen MR) is 105 cm³/mol. The van der Waals surface area contributed by atoms with Crippen molar-refractivity contribution in [3.63, 3.8) is 0 Å². The third kappa shape index (κ3) is 4.75. The minimum atomic E-state index is -0.0809. The number of likely N-dealkylation sites (N-methyl/N-ethyl adjacent to an activating group) is 1. The fourth-order valence-corrected chi connectivity index (χ4v) is 2.63. The molecule has 3 N–H and O–H groups in total. The molecule has 0 bridgehead atoms. The number of carbonyl (C=O) groups excluding carboxylic acids is 1. The minimum Gasteiger partial charge on any atom is -1.00 e. The maximum absolute atomic E-state index is 11.8. The van der Waals surface area contributed by atoms with Crippen LogP contribution in [0.5, 0.6) is 0 Å². The summed E-state index contributed by atoms with van der Waals surface area (Å²) in [6.45, 7) is 3.47. The summed E-state index contributed by atoms with van der Waals surface area (Å²) in [4.78, 5) is 16.5. The number of hydrogen-bond donors (Lipinski definition) is 2. The summed E-state index contributed by atoms with van der Waals surface area (Å²) in [5, 5.41) is 7.98. The number of nitrogens with zero attached hydrogens (tertiary/aromatic N) is 4. The summed E-state index contributed by atoms with van der Waals surface area (Å²) in [6, 6.07) is 5.83. The number of hydrogen-bond acceptors (Lipinski definition) is 5. The van der Waals surface area contributed by atoms with Crippen LogP contribution < -0.4 is 23.5 Å². The fourth-order valence-electron chi connectivity index (χ4n) is 2.63. The Morgan fingerprint density at radius 1 is 1.26 bits per heavy atom. The standard InChI is InChI=1S/C19H24N6O.ClH/c1-13-11-15(14(20)12-17(13)26)22-18-16-7-5-6-9-24(16)23-19(18)21-8-10-25(2,3)4;/h5-7,9,11-12H,8,10H2,1-4H3,(H2-,20,21,23,26);1H/b22-15+;. The van der Waals surface area contributed by atoms with E-state index in [0.29, 0.717) is 22.8 Å². The molecule has 0 amide bonds. The van der Waals surface area contributed by atoms with E-state index in [1.54, 1.807) is 17.5 Å². The SMILES string of the molecule is CC1=C/C(=N\c2c(NCC[N+](C)(C)C)nn3ccccc23)C(N)=CC1=O.[Cl-]. The molecule has 0 aromatic carbocycles. The Morgan fingerprint density at radius 3 is 2.70 bits per heavy atom. The first-order valence-corrected chi connectivity index (χ1v) is 8.55. The molecular weight excluding hydrogens is 364 g/mol. The van der Waals surface area contributed by atoms with Crippen molar-refractivity contribution in [1.29, 1.82) is 0 Å². The van der Waals surface area contributed by atoms with Crippen LogP contribution in [-0.4, -0.2) is 59.8 Å². The average Bonchev–Trinajstić information content (AvgIpc) is 2.89. The summed E-state index contributed by atoms with van der Waals surface area (Å²) >= 11 is 0. The molecule has 144 valence electrons. The number of anilines is 1. The molecule has 0 spiro atoms. The normalized spacial score (nSPS) is 16.1. The number of pyridine rings is 1. The third-order valence-electron chi connectivity index (χ3n) is 4.15. The molecule has 1 aliphatic rings. The minimum absolute atomic E-state index is 0. The maximum Gasteiger partial charge on any atom is 0.183 e. The maximum atomic E-state index is 11.8. The van der Waals surface area contributed by atoms with E-state index in [9.17, 15) is 4.79 Å². The van der Waals surface area contributed by atoms with Crippen molar-refractivity contribution in [3.05, 3.63) is 47.8 Å². The van der Waals surface area contributed by atoms with Gasteiger partial charge in [-0.2, -0.15) is 0 Å². The molecule has 8 heteroatoms. The Morgan fingerprint density at radius 2 is 2.00 bits per heavy atom. The number of fused-ring (bicyclic) bond motifs is 1. The van der Waals surface area contributed by atoms with Gasteiger partial charge in [0.25, 0.3) is 0 Å². The van der Waals surface area contributed by atoms with Crippen molar-refractivity contribution in [1.82, 2.24) is 9.61 Å². The number of rotatable bonds is 5. The molecule has 2 aromatic rings. The quantitative estimate of drug-likeness (QED) is 0.503. The van der Waals surface area contributed by atoms with Crippen LogP contribution in [0.15, 0.2) is 52.8 Å². The summed E-state index contributed by atoms with van der Waals surface area (Å²) in [6.07, 6.45) is 5.03. The van der Waals surface area contributed by atoms with E-state index in [1.807, 2.05) is 24.4 Å². The number of nitrogens with two attached hydrogens (primary N) is 1. The van der Waals surface area contributed by atoms with Crippen molar-refractivity contribution in [2.24, 2.45) is 10.7 Å². The number of ketones is 1. The lowest BCUT2D eigenvalue weighted by atomic mass is 10.0. The molecule has 2 aromatic heterocycles. The van der Waals surface area contributed by atoms with Gasteiger partial charge in [-0.3, -0.25) is 4.79 Å². The molecule has 27 heavy (non-hydrogen) atoms. The Balaban J connectivity index is 0.00000261. The number of nitrogens with one attached hydrogen (secondary N) is 1. The highest BCUT2D eigenvalue weighted by Gasteiger charge is 2.17. The van der Waals surface area contributed by atoms with Gasteiger partial charge in [0.15, 0.2) is 11.6 Å². The average molecular weight is 389 g/mol. The molecule has 0 atom stereocenters. The van der Waals surface area contributed by atoms with Crippen molar-refractivity contribution >= 4 is 28.5 Å². The second-order valence-corrected chi connectivity index (χ2v) is 7.46. The van der Waals surface area contributed by atoms with Gasteiger partial charge in [0.2, 0.25) is 0 Å². The number of aromatic nitrogens is 2. The van der Waals surface area contributed by atoms with Crippen molar-refractivity contribution in [2.45, 2.75) is 6.92 Å². The molecule has 0 saturated heterocycles. The summed E-state index contributed by atoms with van der Waals surface area (Å²) in [5.74, 6) is 0.621. The second-order valence-electron chi connectivity index (χ2n) is 7.46. The topological polar surface area (TPSA) is 84.8 Å². The smallest absolute Gasteiger partial charge is 0.183 e. The van der Waals surface area contributed by atoms with Crippen LogP contribution in [0, 0.1) is 0 Å². The van der Waals surface area contributed by atoms with Gasteiger partial charge >= 0.3 is 0 Å². The third-order valence-corrected chi connectivity index (χ3v) is 4.15. The van der Waals surface area contributed by atoms with E-state index >= 15 is 0 Å². The number of quaternary nitrogens is 1. The Hall–Kier alpha value is -2.64. The van der Waals surface area contributed by atoms with Gasteiger partial charge in [0.05, 0.1) is 51.2 Å². The van der Waals surface area contributed by atoms with Crippen molar-refractivity contribution in [3.8, 4) is 0 Å². The van der Waals surface area contributed by atoms with Crippen LogP contribution in [0.4, 0.5) is 11.5 Å². The van der Waals surface area contributed by atoms with E-state index < -0.39 is 0 Å². The zero-order valence-corrected chi connectivity index (χ0v) is 16.8. The van der Waals surface area contributed by atoms with Gasteiger partial charge in [-0.25, -0.2) is 9.51 Å². The molecule has 0 fully saturated rings. The zero-order chi connectivity index (χ0) is 18.9. The first-order chi connectivity index (χ1) is 12.2. The van der Waals surface area contributed by atoms with E-state index in [2.05, 4.69) is 31.6 Å². The van der Waals surface area contributed by atoms with Crippen LogP contribution in [0.3, 0.4) is 0 Å². The van der Waals surface area contributed by atoms with E-state index in [-0.39, 0.29) is 18.2 Å². The van der Waals surface area contributed by atoms with Crippen LogP contribution in [0.1, 0.15) is 6.92 Å². The summed E-state index contributed by atoms with van der Waals surface area (Å²) < 4.78 is 2.64. The van der Waals surface area contributed by atoms with Gasteiger partial charge < -0.3 is 27.9 Å². The Kier molecular flexibility index (Phi) is 6.08. The number of allylic oxidation sites excluding steroid dienone is 3. The zero-order valence-electron chi connectivity index (χ0n) is 16.0. The highest BCUT2D eigenvalue weighted by atomic mass is 35.5. The number of carbonyl (C=O) groups is 1. The van der Waals surface area contributed by atoms with Crippen LogP contribution in [-0.2, 0) is 4.79 Å². The molecule has 0 unspecified atom stereocenters. The lowest BCUT2D eigenvalue weighted by molar-refractivity contribution is -0.868. The number of aliphatic imine (C=N–C) groups is 1. The Labute approximate surface area is 165 Å². The van der Waals surface area contributed by atoms with Gasteiger partial charge in [-0.05, 0) is 30.7 Å². The van der Waals surface area contributed by atoms with Crippen LogP contribution in [0.25, 0.3) is 5.52 Å². The number of halogens is 1. The van der Waals surface area contributed by atoms with Crippen LogP contribution >= 0.6 is 0 Å². The predicted octanol–water partition coefficient (Wildman–Crippen LogP) is -1.10. The molecule has 0 radical (unpaired) electrons. The molecule has 7 nitrogen and oxygen atoms in total. The van der Waals surface area contributed by atoms with Gasteiger partial charge in [-0.15, -0.1) is 5.10 Å². The molecule has 2 heterocycles. The van der Waals surface area contributed by atoms with E-state index in [1.165, 1.54) is 6.08 Å². The molecule has 1 aliphatic carbocycles. The van der Waals surface area contributed by atoms with E-state index in [4.69, 9.17) is 10.7 Å². The first kappa shape index (κ1) is 20.7. The molecule has 0 aliphatic heterocycles. The highest BCUT2D eigenvalue weighted by Crippen LogP contribution is 2.30. The van der Waals surface area contributed by atoms with Gasteiger partial charge in [-0.1, -0.05) is 6.07 Å². The monoisotopic (exact) mass is 388 g/mol. The van der Waals surface area contributed by atoms with E-state index in [0.717, 1.165) is 28.8 Å². The van der Waals surface area contributed by atoms with Gasteiger partial charge in [0, 0.05) is 12.3 Å². The van der Waals surface area contributed by atoms with Gasteiger partial charge in [0.1, 0.15) is 5.69 Å². The first-order valence-electron chi connectivity index (χ1n) is 8.55. The highest BCUT2D eigenvalue weighted by molar-refractivity contribution is 6.22. The Bertz CT molecular complexity index is 949. The van der Waals surface area contributed by atoms with Crippen molar-refractivity contribution < 1.29 is 21.7 Å². The molecule has 3 rings (SSSR count).